The van der Waals surface area contributed by atoms with Gasteiger partial charge < -0.3 is 9.47 Å². The number of ketones is 1. The van der Waals surface area contributed by atoms with Crippen LogP contribution in [0.25, 0.3) is 0 Å². The molecule has 1 atom stereocenters. The summed E-state index contributed by atoms with van der Waals surface area (Å²) in [5.74, 6) is 0.520. The molecule has 0 saturated heterocycles. The van der Waals surface area contributed by atoms with Crippen LogP contribution >= 0.6 is 0 Å². The fraction of sp³-hybridized carbons (Fsp3) is 0.750. The van der Waals surface area contributed by atoms with Crippen LogP contribution in [0, 0.1) is 0 Å². The molecule has 3 nitrogen and oxygen atoms in total. The van der Waals surface area contributed by atoms with Gasteiger partial charge >= 0.3 is 0 Å². The third-order valence-corrected chi connectivity index (χ3v) is 2.39. The summed E-state index contributed by atoms with van der Waals surface area (Å²) in [7, 11) is 0. The van der Waals surface area contributed by atoms with Gasteiger partial charge in [-0.05, 0) is 32.3 Å². The van der Waals surface area contributed by atoms with Gasteiger partial charge in [-0.1, -0.05) is 13.3 Å². The fourth-order valence-corrected chi connectivity index (χ4v) is 1.64. The molecular weight excluding hydrogens is 192 g/mol. The zero-order chi connectivity index (χ0) is 11.1. The van der Waals surface area contributed by atoms with Crippen LogP contribution in [0.4, 0.5) is 0 Å². The quantitative estimate of drug-likeness (QED) is 0.678. The first-order chi connectivity index (χ1) is 7.29. The van der Waals surface area contributed by atoms with Crippen LogP contribution in [-0.2, 0) is 14.3 Å². The Morgan fingerprint density at radius 1 is 1.60 bits per heavy atom. The van der Waals surface area contributed by atoms with Crippen molar-refractivity contribution in [3.63, 3.8) is 0 Å². The largest absolute Gasteiger partial charge is 0.490 e. The van der Waals surface area contributed by atoms with E-state index < -0.39 is 0 Å². The van der Waals surface area contributed by atoms with E-state index in [-0.39, 0.29) is 11.9 Å². The Bertz CT molecular complexity index is 227. The summed E-state index contributed by atoms with van der Waals surface area (Å²) < 4.78 is 10.8. The highest BCUT2D eigenvalue weighted by atomic mass is 16.5. The molecule has 0 N–H and O–H groups in total. The standard InChI is InChI=1S/C12H20O3/c1-3-7-10(14-4-2)12(13)11-8-5-6-9-15-11/h8,10H,3-7,9H2,1-2H3. The van der Waals surface area contributed by atoms with Gasteiger partial charge in [-0.25, -0.2) is 0 Å². The van der Waals surface area contributed by atoms with Crippen molar-refractivity contribution in [3.05, 3.63) is 11.8 Å². The van der Waals surface area contributed by atoms with Gasteiger partial charge in [-0.3, -0.25) is 4.79 Å². The zero-order valence-electron chi connectivity index (χ0n) is 9.62. The molecular formula is C12H20O3. The van der Waals surface area contributed by atoms with Gasteiger partial charge in [-0.2, -0.15) is 0 Å². The number of hydrogen-bond donors (Lipinski definition) is 0. The van der Waals surface area contributed by atoms with Crippen LogP contribution in [0.2, 0.25) is 0 Å². The van der Waals surface area contributed by atoms with Crippen LogP contribution < -0.4 is 0 Å². The SMILES string of the molecule is CCCC(OCC)C(=O)C1=CCCCO1. The van der Waals surface area contributed by atoms with Gasteiger partial charge in [0, 0.05) is 6.61 Å². The molecule has 0 spiro atoms. The van der Waals surface area contributed by atoms with Crippen LogP contribution in [0.1, 0.15) is 39.5 Å². The van der Waals surface area contributed by atoms with Crippen LogP contribution in [-0.4, -0.2) is 25.1 Å². The maximum absolute atomic E-state index is 12.0. The molecule has 0 amide bonds. The average Bonchev–Trinajstić information content (AvgIpc) is 2.29. The lowest BCUT2D eigenvalue weighted by Gasteiger charge is -2.19. The molecule has 1 unspecified atom stereocenters. The van der Waals surface area contributed by atoms with Crippen molar-refractivity contribution in [1.82, 2.24) is 0 Å². The second-order valence-corrected chi connectivity index (χ2v) is 3.66. The molecule has 1 aliphatic rings. The van der Waals surface area contributed by atoms with E-state index >= 15 is 0 Å². The Balaban J connectivity index is 2.57. The second kappa shape index (κ2) is 6.62. The van der Waals surface area contributed by atoms with Gasteiger partial charge in [0.25, 0.3) is 0 Å². The minimum Gasteiger partial charge on any atom is -0.490 e. The normalized spacial score (nSPS) is 17.9. The van der Waals surface area contributed by atoms with Crippen LogP contribution in [0.15, 0.2) is 11.8 Å². The number of allylic oxidation sites excluding steroid dienone is 1. The van der Waals surface area contributed by atoms with Crippen molar-refractivity contribution in [3.8, 4) is 0 Å². The first-order valence-electron chi connectivity index (χ1n) is 5.78. The number of rotatable bonds is 6. The summed E-state index contributed by atoms with van der Waals surface area (Å²) in [6.07, 6.45) is 5.23. The smallest absolute Gasteiger partial charge is 0.225 e. The summed E-state index contributed by atoms with van der Waals surface area (Å²) in [4.78, 5) is 12.0. The number of Topliss-reactive ketones (excluding diaryl/α,β-unsaturated/α-hetero) is 1. The minimum absolute atomic E-state index is 0.0124. The Morgan fingerprint density at radius 3 is 2.93 bits per heavy atom. The van der Waals surface area contributed by atoms with E-state index in [1.54, 1.807) is 0 Å². The third-order valence-electron chi connectivity index (χ3n) is 2.39. The number of carbonyl (C=O) groups is 1. The van der Waals surface area contributed by atoms with Crippen LogP contribution in [0.3, 0.4) is 0 Å². The highest BCUT2D eigenvalue weighted by Gasteiger charge is 2.23. The van der Waals surface area contributed by atoms with E-state index in [4.69, 9.17) is 9.47 Å². The van der Waals surface area contributed by atoms with Crippen molar-refractivity contribution >= 4 is 5.78 Å². The van der Waals surface area contributed by atoms with Crippen molar-refractivity contribution in [2.75, 3.05) is 13.2 Å². The molecule has 15 heavy (non-hydrogen) atoms. The van der Waals surface area contributed by atoms with Gasteiger partial charge in [0.15, 0.2) is 5.76 Å². The van der Waals surface area contributed by atoms with Crippen molar-refractivity contribution in [1.29, 1.82) is 0 Å². The zero-order valence-corrected chi connectivity index (χ0v) is 9.62. The molecule has 0 fully saturated rings. The molecule has 0 aliphatic carbocycles. The lowest BCUT2D eigenvalue weighted by atomic mass is 10.1. The van der Waals surface area contributed by atoms with E-state index in [0.717, 1.165) is 25.7 Å². The van der Waals surface area contributed by atoms with E-state index in [1.807, 2.05) is 13.0 Å². The highest BCUT2D eigenvalue weighted by Crippen LogP contribution is 2.16. The van der Waals surface area contributed by atoms with E-state index in [9.17, 15) is 4.79 Å². The average molecular weight is 212 g/mol. The summed E-state index contributed by atoms with van der Waals surface area (Å²) in [6, 6.07) is 0. The molecule has 0 aromatic rings. The first-order valence-corrected chi connectivity index (χ1v) is 5.78. The third kappa shape index (κ3) is 3.67. The molecule has 0 aromatic heterocycles. The molecule has 0 saturated carbocycles. The number of carbonyl (C=O) groups excluding carboxylic acids is 1. The van der Waals surface area contributed by atoms with Gasteiger partial charge in [0.05, 0.1) is 6.61 Å². The lowest BCUT2D eigenvalue weighted by molar-refractivity contribution is -0.130. The van der Waals surface area contributed by atoms with E-state index in [0.29, 0.717) is 19.0 Å². The van der Waals surface area contributed by atoms with Crippen molar-refractivity contribution in [2.24, 2.45) is 0 Å². The van der Waals surface area contributed by atoms with Crippen molar-refractivity contribution in [2.45, 2.75) is 45.6 Å². The summed E-state index contributed by atoms with van der Waals surface area (Å²) in [5.41, 5.74) is 0. The van der Waals surface area contributed by atoms with E-state index in [2.05, 4.69) is 6.92 Å². The van der Waals surface area contributed by atoms with Crippen molar-refractivity contribution < 1.29 is 14.3 Å². The fourth-order valence-electron chi connectivity index (χ4n) is 1.64. The molecule has 3 heteroatoms. The number of hydrogen-bond acceptors (Lipinski definition) is 3. The lowest BCUT2D eigenvalue weighted by Crippen LogP contribution is -2.27. The maximum Gasteiger partial charge on any atom is 0.225 e. The monoisotopic (exact) mass is 212 g/mol. The summed E-state index contributed by atoms with van der Waals surface area (Å²) in [6.45, 7) is 5.19. The molecule has 0 aromatic carbocycles. The van der Waals surface area contributed by atoms with Crippen LogP contribution in [0.5, 0.6) is 0 Å². The predicted molar refractivity (Wildman–Crippen MR) is 58.6 cm³/mol. The first kappa shape index (κ1) is 12.2. The highest BCUT2D eigenvalue weighted by molar-refractivity contribution is 5.97. The van der Waals surface area contributed by atoms with Gasteiger partial charge in [0.1, 0.15) is 6.10 Å². The maximum atomic E-state index is 12.0. The minimum atomic E-state index is -0.315. The molecule has 1 rings (SSSR count). The summed E-state index contributed by atoms with van der Waals surface area (Å²) >= 11 is 0. The molecule has 86 valence electrons. The Hall–Kier alpha value is -0.830. The molecule has 1 heterocycles. The van der Waals surface area contributed by atoms with E-state index in [1.165, 1.54) is 0 Å². The van der Waals surface area contributed by atoms with Gasteiger partial charge in [-0.15, -0.1) is 0 Å². The Morgan fingerprint density at radius 2 is 2.40 bits per heavy atom. The molecule has 0 radical (unpaired) electrons. The molecule has 0 bridgehead atoms. The second-order valence-electron chi connectivity index (χ2n) is 3.66. The van der Waals surface area contributed by atoms with Gasteiger partial charge in [0.2, 0.25) is 5.78 Å². The Kier molecular flexibility index (Phi) is 5.40. The Labute approximate surface area is 91.4 Å². The molecule has 1 aliphatic heterocycles. The number of ether oxygens (including phenoxy) is 2. The predicted octanol–water partition coefficient (Wildman–Crippen LogP) is 2.46. The summed E-state index contributed by atoms with van der Waals surface area (Å²) in [5, 5.41) is 0. The topological polar surface area (TPSA) is 35.5 Å².